The van der Waals surface area contributed by atoms with Crippen molar-refractivity contribution in [2.45, 2.75) is 25.9 Å². The molecule has 1 amide bonds. The number of carbonyl (C=O) groups excluding carboxylic acids is 1. The number of rotatable bonds is 5. The number of halogens is 2. The smallest absolute Gasteiger partial charge is 0.273 e. The van der Waals surface area contributed by atoms with E-state index in [9.17, 15) is 13.6 Å². The van der Waals surface area contributed by atoms with Crippen molar-refractivity contribution in [1.82, 2.24) is 10.3 Å². The van der Waals surface area contributed by atoms with Crippen LogP contribution in [0.5, 0.6) is 0 Å². The van der Waals surface area contributed by atoms with Crippen LogP contribution in [0.15, 0.2) is 28.9 Å². The molecule has 7 heteroatoms. The SMILES string of the molecule is CCC(N)c1nc(C(=O)NCc2cc(F)ccc2F)co1. The molecule has 1 atom stereocenters. The summed E-state index contributed by atoms with van der Waals surface area (Å²) in [5.74, 6) is -1.44. The molecular formula is C14H15F2N3O2. The predicted octanol–water partition coefficient (Wildman–Crippen LogP) is 2.29. The summed E-state index contributed by atoms with van der Waals surface area (Å²) in [4.78, 5) is 15.8. The van der Waals surface area contributed by atoms with Crippen LogP contribution in [0.1, 0.15) is 41.3 Å². The van der Waals surface area contributed by atoms with Crippen LogP contribution in [-0.2, 0) is 6.54 Å². The number of carbonyl (C=O) groups is 1. The van der Waals surface area contributed by atoms with E-state index in [1.54, 1.807) is 0 Å². The Kier molecular flexibility index (Phi) is 4.64. The minimum Gasteiger partial charge on any atom is -0.446 e. The Bertz CT molecular complexity index is 643. The zero-order valence-corrected chi connectivity index (χ0v) is 11.4. The second kappa shape index (κ2) is 6.45. The minimum absolute atomic E-state index is 0.0470. The van der Waals surface area contributed by atoms with Crippen molar-refractivity contribution >= 4 is 5.91 Å². The van der Waals surface area contributed by atoms with Crippen LogP contribution in [0.4, 0.5) is 8.78 Å². The molecule has 0 bridgehead atoms. The van der Waals surface area contributed by atoms with Crippen molar-refractivity contribution in [2.75, 3.05) is 0 Å². The summed E-state index contributed by atoms with van der Waals surface area (Å²) in [6.45, 7) is 1.71. The molecule has 0 aliphatic carbocycles. The summed E-state index contributed by atoms with van der Waals surface area (Å²) in [6.07, 6.45) is 1.80. The van der Waals surface area contributed by atoms with E-state index in [2.05, 4.69) is 10.3 Å². The Morgan fingerprint density at radius 2 is 2.24 bits per heavy atom. The first-order valence-electron chi connectivity index (χ1n) is 6.44. The highest BCUT2D eigenvalue weighted by molar-refractivity contribution is 5.91. The van der Waals surface area contributed by atoms with Crippen molar-refractivity contribution in [1.29, 1.82) is 0 Å². The van der Waals surface area contributed by atoms with Crippen LogP contribution in [-0.4, -0.2) is 10.9 Å². The summed E-state index contributed by atoms with van der Waals surface area (Å²) in [7, 11) is 0. The highest BCUT2D eigenvalue weighted by Crippen LogP contribution is 2.13. The first-order chi connectivity index (χ1) is 10.0. The van der Waals surface area contributed by atoms with Crippen LogP contribution in [0.25, 0.3) is 0 Å². The quantitative estimate of drug-likeness (QED) is 0.886. The van der Waals surface area contributed by atoms with Gasteiger partial charge in [0, 0.05) is 12.1 Å². The van der Waals surface area contributed by atoms with E-state index in [0.29, 0.717) is 6.42 Å². The zero-order valence-electron chi connectivity index (χ0n) is 11.4. The molecule has 1 aromatic carbocycles. The zero-order chi connectivity index (χ0) is 15.4. The standard InChI is InChI=1S/C14H15F2N3O2/c1-2-11(17)14-19-12(7-21-14)13(20)18-6-8-5-9(15)3-4-10(8)16/h3-5,7,11H,2,6,17H2,1H3,(H,18,20). The van der Waals surface area contributed by atoms with E-state index in [4.69, 9.17) is 10.2 Å². The highest BCUT2D eigenvalue weighted by atomic mass is 19.1. The molecule has 1 unspecified atom stereocenters. The minimum atomic E-state index is -0.592. The highest BCUT2D eigenvalue weighted by Gasteiger charge is 2.16. The number of aromatic nitrogens is 1. The van der Waals surface area contributed by atoms with Gasteiger partial charge in [-0.2, -0.15) is 0 Å². The van der Waals surface area contributed by atoms with Gasteiger partial charge in [0.25, 0.3) is 5.91 Å². The lowest BCUT2D eigenvalue weighted by Crippen LogP contribution is -2.24. The molecule has 5 nitrogen and oxygen atoms in total. The van der Waals surface area contributed by atoms with Gasteiger partial charge in [0.05, 0.1) is 6.04 Å². The van der Waals surface area contributed by atoms with Crippen molar-refractivity contribution in [3.05, 3.63) is 53.2 Å². The molecule has 3 N–H and O–H groups in total. The first-order valence-corrected chi connectivity index (χ1v) is 6.44. The number of amides is 1. The normalized spacial score (nSPS) is 12.2. The Labute approximate surface area is 120 Å². The lowest BCUT2D eigenvalue weighted by molar-refractivity contribution is 0.0945. The maximum Gasteiger partial charge on any atom is 0.273 e. The summed E-state index contributed by atoms with van der Waals surface area (Å²) in [5, 5.41) is 2.44. The molecule has 0 saturated carbocycles. The van der Waals surface area contributed by atoms with Crippen molar-refractivity contribution < 1.29 is 18.0 Å². The molecule has 0 fully saturated rings. The number of hydrogen-bond acceptors (Lipinski definition) is 4. The van der Waals surface area contributed by atoms with E-state index >= 15 is 0 Å². The predicted molar refractivity (Wildman–Crippen MR) is 71.3 cm³/mol. The average Bonchev–Trinajstić information content (AvgIpc) is 2.97. The van der Waals surface area contributed by atoms with Crippen molar-refractivity contribution in [2.24, 2.45) is 5.73 Å². The number of nitrogens with one attached hydrogen (secondary N) is 1. The Morgan fingerprint density at radius 1 is 1.48 bits per heavy atom. The second-order valence-electron chi connectivity index (χ2n) is 4.50. The van der Waals surface area contributed by atoms with Crippen LogP contribution in [0.2, 0.25) is 0 Å². The van der Waals surface area contributed by atoms with Gasteiger partial charge in [0.15, 0.2) is 5.69 Å². The summed E-state index contributed by atoms with van der Waals surface area (Å²) in [6, 6.07) is 2.66. The largest absolute Gasteiger partial charge is 0.446 e. The third-order valence-corrected chi connectivity index (χ3v) is 2.96. The fraction of sp³-hybridized carbons (Fsp3) is 0.286. The number of benzene rings is 1. The Balaban J connectivity index is 2.01. The van der Waals surface area contributed by atoms with Crippen LogP contribution < -0.4 is 11.1 Å². The Hall–Kier alpha value is -2.28. The molecule has 0 aliphatic rings. The van der Waals surface area contributed by atoms with E-state index in [-0.39, 0.29) is 29.7 Å². The van der Waals surface area contributed by atoms with Gasteiger partial charge in [-0.25, -0.2) is 13.8 Å². The van der Waals surface area contributed by atoms with Crippen molar-refractivity contribution in [3.63, 3.8) is 0 Å². The van der Waals surface area contributed by atoms with Gasteiger partial charge in [-0.3, -0.25) is 4.79 Å². The summed E-state index contributed by atoms with van der Waals surface area (Å²) < 4.78 is 31.5. The van der Waals surface area contributed by atoms with Gasteiger partial charge in [0.1, 0.15) is 17.9 Å². The summed E-state index contributed by atoms with van der Waals surface area (Å²) >= 11 is 0. The van der Waals surface area contributed by atoms with Crippen LogP contribution in [0, 0.1) is 11.6 Å². The number of oxazole rings is 1. The van der Waals surface area contributed by atoms with Gasteiger partial charge in [-0.05, 0) is 24.6 Å². The third kappa shape index (κ3) is 3.63. The molecule has 21 heavy (non-hydrogen) atoms. The molecule has 0 aliphatic heterocycles. The molecule has 1 heterocycles. The molecule has 1 aromatic heterocycles. The fourth-order valence-electron chi connectivity index (χ4n) is 1.68. The van der Waals surface area contributed by atoms with Gasteiger partial charge < -0.3 is 15.5 Å². The molecule has 2 aromatic rings. The molecule has 0 saturated heterocycles. The summed E-state index contributed by atoms with van der Waals surface area (Å²) in [5.41, 5.74) is 5.83. The van der Waals surface area contributed by atoms with E-state index in [1.165, 1.54) is 6.26 Å². The van der Waals surface area contributed by atoms with E-state index in [1.807, 2.05) is 6.92 Å². The number of hydrogen-bond donors (Lipinski definition) is 2. The first kappa shape index (κ1) is 15.1. The molecule has 0 radical (unpaired) electrons. The number of nitrogens with two attached hydrogens (primary N) is 1. The lowest BCUT2D eigenvalue weighted by atomic mass is 10.2. The topological polar surface area (TPSA) is 81.1 Å². The third-order valence-electron chi connectivity index (χ3n) is 2.96. The molecule has 2 rings (SSSR count). The lowest BCUT2D eigenvalue weighted by Gasteiger charge is -2.05. The van der Waals surface area contributed by atoms with E-state index < -0.39 is 17.5 Å². The maximum absolute atomic E-state index is 13.4. The fourth-order valence-corrected chi connectivity index (χ4v) is 1.68. The maximum atomic E-state index is 13.4. The van der Waals surface area contributed by atoms with Crippen LogP contribution >= 0.6 is 0 Å². The number of nitrogens with zero attached hydrogens (tertiary/aromatic N) is 1. The van der Waals surface area contributed by atoms with Gasteiger partial charge >= 0.3 is 0 Å². The average molecular weight is 295 g/mol. The Morgan fingerprint density at radius 3 is 2.95 bits per heavy atom. The monoisotopic (exact) mass is 295 g/mol. The van der Waals surface area contributed by atoms with Gasteiger partial charge in [-0.15, -0.1) is 0 Å². The van der Waals surface area contributed by atoms with Crippen molar-refractivity contribution in [3.8, 4) is 0 Å². The van der Waals surface area contributed by atoms with Crippen LogP contribution in [0.3, 0.4) is 0 Å². The van der Waals surface area contributed by atoms with Gasteiger partial charge in [-0.1, -0.05) is 6.92 Å². The molecular weight excluding hydrogens is 280 g/mol. The van der Waals surface area contributed by atoms with Gasteiger partial charge in [0.2, 0.25) is 5.89 Å². The van der Waals surface area contributed by atoms with E-state index in [0.717, 1.165) is 18.2 Å². The molecule has 0 spiro atoms. The second-order valence-corrected chi connectivity index (χ2v) is 4.50. The molecule has 112 valence electrons.